The lowest BCUT2D eigenvalue weighted by atomic mass is 10.1. The molecule has 2 amide bonds. The summed E-state index contributed by atoms with van der Waals surface area (Å²) < 4.78 is 0. The van der Waals surface area contributed by atoms with Crippen LogP contribution in [0.1, 0.15) is 18.4 Å². The molecule has 26 heavy (non-hydrogen) atoms. The van der Waals surface area contributed by atoms with Crippen molar-refractivity contribution in [3.05, 3.63) is 64.1 Å². The van der Waals surface area contributed by atoms with Crippen molar-refractivity contribution in [2.75, 3.05) is 18.0 Å². The van der Waals surface area contributed by atoms with Crippen LogP contribution < -0.4 is 10.2 Å². The molecule has 3 rings (SSSR count). The first kappa shape index (κ1) is 18.7. The summed E-state index contributed by atoms with van der Waals surface area (Å²) in [4.78, 5) is 26.2. The molecule has 0 radical (unpaired) electrons. The van der Waals surface area contributed by atoms with Crippen molar-refractivity contribution < 1.29 is 9.59 Å². The van der Waals surface area contributed by atoms with Gasteiger partial charge in [-0.1, -0.05) is 59.6 Å². The van der Waals surface area contributed by atoms with Crippen LogP contribution in [0.25, 0.3) is 0 Å². The zero-order valence-corrected chi connectivity index (χ0v) is 15.8. The summed E-state index contributed by atoms with van der Waals surface area (Å²) in [6, 6.07) is 15.2. The van der Waals surface area contributed by atoms with Gasteiger partial charge in [0.15, 0.2) is 0 Å². The minimum atomic E-state index is -0.383. The second-order valence-corrected chi connectivity index (χ2v) is 7.17. The summed E-state index contributed by atoms with van der Waals surface area (Å²) >= 11 is 12.4. The highest BCUT2D eigenvalue weighted by atomic mass is 35.5. The minimum absolute atomic E-state index is 0.0999. The monoisotopic (exact) mass is 390 g/mol. The maximum Gasteiger partial charge on any atom is 0.227 e. The van der Waals surface area contributed by atoms with E-state index in [4.69, 9.17) is 23.2 Å². The van der Waals surface area contributed by atoms with Crippen molar-refractivity contribution in [2.45, 2.75) is 19.3 Å². The van der Waals surface area contributed by atoms with Gasteiger partial charge in [0.25, 0.3) is 0 Å². The Hall–Kier alpha value is -2.04. The molecular weight excluding hydrogens is 371 g/mol. The Morgan fingerprint density at radius 3 is 2.46 bits per heavy atom. The molecule has 4 nitrogen and oxygen atoms in total. The molecule has 2 aromatic carbocycles. The third-order valence-corrected chi connectivity index (χ3v) is 5.10. The maximum absolute atomic E-state index is 12.4. The van der Waals surface area contributed by atoms with Gasteiger partial charge in [0.05, 0.1) is 21.7 Å². The van der Waals surface area contributed by atoms with Crippen molar-refractivity contribution >= 4 is 40.7 Å². The van der Waals surface area contributed by atoms with Gasteiger partial charge >= 0.3 is 0 Å². The van der Waals surface area contributed by atoms with Gasteiger partial charge in [0.1, 0.15) is 0 Å². The molecule has 2 aromatic rings. The second kappa shape index (κ2) is 8.56. The van der Waals surface area contributed by atoms with Crippen LogP contribution in [0, 0.1) is 5.92 Å². The number of carbonyl (C=O) groups is 2. The summed E-state index contributed by atoms with van der Waals surface area (Å²) in [5.41, 5.74) is 1.73. The molecule has 1 N–H and O–H groups in total. The van der Waals surface area contributed by atoms with Gasteiger partial charge in [-0.2, -0.15) is 0 Å². The number of aryl methyl sites for hydroxylation is 1. The number of carbonyl (C=O) groups excluding carboxylic acids is 2. The van der Waals surface area contributed by atoms with E-state index in [-0.39, 0.29) is 24.2 Å². The van der Waals surface area contributed by atoms with Crippen molar-refractivity contribution in [3.8, 4) is 0 Å². The van der Waals surface area contributed by atoms with Crippen LogP contribution in [0.4, 0.5) is 5.69 Å². The number of para-hydroxylation sites is 1. The smallest absolute Gasteiger partial charge is 0.227 e. The fourth-order valence-corrected chi connectivity index (χ4v) is 3.74. The fourth-order valence-electron chi connectivity index (χ4n) is 3.14. The lowest BCUT2D eigenvalue weighted by Gasteiger charge is -2.19. The van der Waals surface area contributed by atoms with Gasteiger partial charge < -0.3 is 10.2 Å². The molecule has 0 aromatic heterocycles. The SMILES string of the molecule is O=C(NCCCc1ccccc1)C1CC(=O)N(c2c(Cl)cccc2Cl)C1. The summed E-state index contributed by atoms with van der Waals surface area (Å²) in [5, 5.41) is 3.76. The number of hydrogen-bond donors (Lipinski definition) is 1. The summed E-state index contributed by atoms with van der Waals surface area (Å²) in [6.07, 6.45) is 1.94. The van der Waals surface area contributed by atoms with Gasteiger partial charge in [0, 0.05) is 19.5 Å². The van der Waals surface area contributed by atoms with Crippen LogP contribution in [0.15, 0.2) is 48.5 Å². The molecule has 1 saturated heterocycles. The molecule has 0 saturated carbocycles. The highest BCUT2D eigenvalue weighted by Crippen LogP contribution is 2.37. The van der Waals surface area contributed by atoms with Gasteiger partial charge in [-0.15, -0.1) is 0 Å². The number of nitrogens with one attached hydrogen (secondary N) is 1. The number of hydrogen-bond acceptors (Lipinski definition) is 2. The van der Waals surface area contributed by atoms with E-state index in [0.717, 1.165) is 12.8 Å². The predicted octanol–water partition coefficient (Wildman–Crippen LogP) is 4.10. The van der Waals surface area contributed by atoms with Crippen LogP contribution in [0.5, 0.6) is 0 Å². The van der Waals surface area contributed by atoms with E-state index < -0.39 is 0 Å². The highest BCUT2D eigenvalue weighted by molar-refractivity contribution is 6.40. The molecule has 1 atom stereocenters. The van der Waals surface area contributed by atoms with Gasteiger partial charge in [0.2, 0.25) is 11.8 Å². The van der Waals surface area contributed by atoms with Crippen LogP contribution in [0.3, 0.4) is 0 Å². The molecular formula is C20H20Cl2N2O2. The summed E-state index contributed by atoms with van der Waals surface area (Å²) in [6.45, 7) is 0.887. The maximum atomic E-state index is 12.4. The van der Waals surface area contributed by atoms with E-state index in [1.54, 1.807) is 18.2 Å². The molecule has 1 aliphatic heterocycles. The lowest BCUT2D eigenvalue weighted by molar-refractivity contribution is -0.126. The standard InChI is InChI=1S/C20H20Cl2N2O2/c21-16-9-4-10-17(22)19(16)24-13-15(12-18(24)25)20(26)23-11-5-8-14-6-2-1-3-7-14/h1-4,6-7,9-10,15H,5,8,11-13H2,(H,23,26). The molecule has 1 unspecified atom stereocenters. The van der Waals surface area contributed by atoms with E-state index >= 15 is 0 Å². The van der Waals surface area contributed by atoms with Crippen molar-refractivity contribution in [1.82, 2.24) is 5.32 Å². The molecule has 136 valence electrons. The molecule has 1 fully saturated rings. The average Bonchev–Trinajstić information content (AvgIpc) is 3.01. The van der Waals surface area contributed by atoms with Gasteiger partial charge in [-0.3, -0.25) is 9.59 Å². The predicted molar refractivity (Wildman–Crippen MR) is 105 cm³/mol. The normalized spacial score (nSPS) is 16.8. The van der Waals surface area contributed by atoms with Gasteiger partial charge in [-0.05, 0) is 30.5 Å². The number of anilines is 1. The Morgan fingerprint density at radius 1 is 1.08 bits per heavy atom. The minimum Gasteiger partial charge on any atom is -0.356 e. The first-order valence-corrected chi connectivity index (χ1v) is 9.38. The van der Waals surface area contributed by atoms with E-state index in [0.29, 0.717) is 28.8 Å². The first-order valence-electron chi connectivity index (χ1n) is 8.62. The molecule has 0 bridgehead atoms. The van der Waals surface area contributed by atoms with Crippen LogP contribution in [-0.2, 0) is 16.0 Å². The summed E-state index contributed by atoms with van der Waals surface area (Å²) in [7, 11) is 0. The Labute approximate surface area is 163 Å². The zero-order valence-electron chi connectivity index (χ0n) is 14.3. The number of nitrogens with zero attached hydrogens (tertiary/aromatic N) is 1. The highest BCUT2D eigenvalue weighted by Gasteiger charge is 2.36. The number of rotatable bonds is 6. The fraction of sp³-hybridized carbons (Fsp3) is 0.300. The van der Waals surface area contributed by atoms with E-state index in [1.807, 2.05) is 18.2 Å². The second-order valence-electron chi connectivity index (χ2n) is 6.36. The molecule has 6 heteroatoms. The summed E-state index contributed by atoms with van der Waals surface area (Å²) in [5.74, 6) is -0.618. The van der Waals surface area contributed by atoms with E-state index in [2.05, 4.69) is 17.4 Å². The van der Waals surface area contributed by atoms with Crippen molar-refractivity contribution in [2.24, 2.45) is 5.92 Å². The van der Waals surface area contributed by atoms with Crippen molar-refractivity contribution in [3.63, 3.8) is 0 Å². The number of halogens is 2. The first-order chi connectivity index (χ1) is 12.6. The number of amides is 2. The number of benzene rings is 2. The lowest BCUT2D eigenvalue weighted by Crippen LogP contribution is -2.33. The van der Waals surface area contributed by atoms with E-state index in [1.165, 1.54) is 10.5 Å². The molecule has 1 heterocycles. The third-order valence-electron chi connectivity index (χ3n) is 4.49. The Balaban J connectivity index is 1.52. The Bertz CT molecular complexity index is 775. The molecule has 1 aliphatic rings. The van der Waals surface area contributed by atoms with Crippen molar-refractivity contribution in [1.29, 1.82) is 0 Å². The van der Waals surface area contributed by atoms with Crippen LogP contribution in [0.2, 0.25) is 10.0 Å². The Kier molecular flexibility index (Phi) is 6.17. The van der Waals surface area contributed by atoms with E-state index in [9.17, 15) is 9.59 Å². The quantitative estimate of drug-likeness (QED) is 0.754. The molecule has 0 aliphatic carbocycles. The largest absolute Gasteiger partial charge is 0.356 e. The zero-order chi connectivity index (χ0) is 18.5. The average molecular weight is 391 g/mol. The molecule has 0 spiro atoms. The Morgan fingerprint density at radius 2 is 1.77 bits per heavy atom. The topological polar surface area (TPSA) is 49.4 Å². The van der Waals surface area contributed by atoms with Crippen LogP contribution in [-0.4, -0.2) is 24.9 Å². The third kappa shape index (κ3) is 4.37. The van der Waals surface area contributed by atoms with Gasteiger partial charge in [-0.25, -0.2) is 0 Å². The van der Waals surface area contributed by atoms with Crippen LogP contribution >= 0.6 is 23.2 Å².